The van der Waals surface area contributed by atoms with E-state index >= 15 is 0 Å². The highest BCUT2D eigenvalue weighted by molar-refractivity contribution is 8.04. The van der Waals surface area contributed by atoms with Crippen molar-refractivity contribution in [2.45, 2.75) is 25.5 Å². The summed E-state index contributed by atoms with van der Waals surface area (Å²) in [5.41, 5.74) is 1.10. The lowest BCUT2D eigenvalue weighted by Gasteiger charge is -2.15. The minimum absolute atomic E-state index is 0.195. The molecule has 0 atom stereocenters. The van der Waals surface area contributed by atoms with Gasteiger partial charge < -0.3 is 9.47 Å². The second-order valence-corrected chi connectivity index (χ2v) is 7.27. The van der Waals surface area contributed by atoms with Gasteiger partial charge in [-0.05, 0) is 12.5 Å². The zero-order chi connectivity index (χ0) is 17.7. The van der Waals surface area contributed by atoms with Crippen molar-refractivity contribution in [2.75, 3.05) is 27.4 Å². The van der Waals surface area contributed by atoms with Crippen molar-refractivity contribution in [1.29, 1.82) is 0 Å². The summed E-state index contributed by atoms with van der Waals surface area (Å²) in [5.74, 6) is 0.105. The number of imide groups is 1. The van der Waals surface area contributed by atoms with Gasteiger partial charge in [0.05, 0.1) is 17.6 Å². The minimum atomic E-state index is -0.260. The Hall–Kier alpha value is -1.79. The first-order valence-electron chi connectivity index (χ1n) is 7.90. The normalized spacial score (nSPS) is 15.0. The molecule has 1 aromatic rings. The Morgan fingerprint density at radius 2 is 1.83 bits per heavy atom. The number of carbonyl (C=O) groups excluding carboxylic acids is 2. The molecular weight excluding hydrogens is 326 g/mol. The highest BCUT2D eigenvalue weighted by atomic mass is 32.2. The number of methoxy groups -OCH3 is 2. The van der Waals surface area contributed by atoms with Gasteiger partial charge in [-0.1, -0.05) is 32.0 Å². The fourth-order valence-electron chi connectivity index (χ4n) is 2.56. The zero-order valence-electron chi connectivity index (χ0n) is 14.5. The van der Waals surface area contributed by atoms with Crippen molar-refractivity contribution in [1.82, 2.24) is 4.90 Å². The van der Waals surface area contributed by atoms with E-state index in [4.69, 9.17) is 9.47 Å². The average Bonchev–Trinajstić information content (AvgIpc) is 2.78. The van der Waals surface area contributed by atoms with Gasteiger partial charge in [0, 0.05) is 31.1 Å². The minimum Gasteiger partial charge on any atom is -0.496 e. The van der Waals surface area contributed by atoms with Crippen LogP contribution in [0.25, 0.3) is 5.57 Å². The van der Waals surface area contributed by atoms with E-state index in [2.05, 4.69) is 0 Å². The fraction of sp³-hybridized carbons (Fsp3) is 0.444. The van der Waals surface area contributed by atoms with Gasteiger partial charge in [-0.25, -0.2) is 0 Å². The van der Waals surface area contributed by atoms with Crippen LogP contribution in [0.2, 0.25) is 0 Å². The molecule has 0 radical (unpaired) electrons. The largest absolute Gasteiger partial charge is 0.496 e. The third-order valence-electron chi connectivity index (χ3n) is 3.59. The Morgan fingerprint density at radius 3 is 2.46 bits per heavy atom. The number of benzene rings is 1. The Kier molecular flexibility index (Phi) is 6.45. The third kappa shape index (κ3) is 3.82. The van der Waals surface area contributed by atoms with Gasteiger partial charge in [0.15, 0.2) is 0 Å². The van der Waals surface area contributed by atoms with Crippen LogP contribution in [0.5, 0.6) is 5.75 Å². The molecule has 0 aromatic heterocycles. The molecule has 2 rings (SSSR count). The van der Waals surface area contributed by atoms with Crippen molar-refractivity contribution in [3.63, 3.8) is 0 Å². The van der Waals surface area contributed by atoms with E-state index in [1.807, 2.05) is 32.0 Å². The first-order chi connectivity index (χ1) is 11.5. The number of rotatable bonds is 8. The molecule has 5 nitrogen and oxygen atoms in total. The molecular formula is C18H23NO4S. The smallest absolute Gasteiger partial charge is 0.267 e. The van der Waals surface area contributed by atoms with Gasteiger partial charge in [0.1, 0.15) is 5.75 Å². The van der Waals surface area contributed by atoms with Gasteiger partial charge in [-0.2, -0.15) is 0 Å². The van der Waals surface area contributed by atoms with Crippen molar-refractivity contribution >= 4 is 29.1 Å². The fourth-order valence-corrected chi connectivity index (χ4v) is 3.56. The molecule has 0 saturated carbocycles. The Labute approximate surface area is 147 Å². The maximum atomic E-state index is 12.9. The molecule has 1 heterocycles. The van der Waals surface area contributed by atoms with Crippen LogP contribution >= 0.6 is 11.8 Å². The molecule has 0 fully saturated rings. The van der Waals surface area contributed by atoms with Crippen LogP contribution in [0.15, 0.2) is 29.2 Å². The molecule has 1 aliphatic rings. The molecule has 2 amide bonds. The molecule has 1 aromatic carbocycles. The molecule has 6 heteroatoms. The van der Waals surface area contributed by atoms with E-state index in [9.17, 15) is 9.59 Å². The first-order valence-corrected chi connectivity index (χ1v) is 8.78. The van der Waals surface area contributed by atoms with Crippen LogP contribution in [0.1, 0.15) is 25.8 Å². The molecule has 130 valence electrons. The molecule has 0 aliphatic carbocycles. The Balaban J connectivity index is 2.44. The van der Waals surface area contributed by atoms with Crippen LogP contribution in [0.4, 0.5) is 0 Å². The summed E-state index contributed by atoms with van der Waals surface area (Å²) in [6.45, 7) is 4.87. The lowest BCUT2D eigenvalue weighted by molar-refractivity contribution is -0.136. The van der Waals surface area contributed by atoms with Gasteiger partial charge in [0.2, 0.25) is 0 Å². The van der Waals surface area contributed by atoms with E-state index in [0.717, 1.165) is 0 Å². The predicted molar refractivity (Wildman–Crippen MR) is 95.9 cm³/mol. The Bertz CT molecular complexity index is 654. The van der Waals surface area contributed by atoms with Gasteiger partial charge in [-0.3, -0.25) is 14.5 Å². The molecule has 0 saturated heterocycles. The van der Waals surface area contributed by atoms with Crippen LogP contribution < -0.4 is 4.74 Å². The third-order valence-corrected chi connectivity index (χ3v) is 4.67. The second kappa shape index (κ2) is 8.35. The SMILES string of the molecule is COCCCN1C(=O)C(SC(C)C)=C(c2ccccc2OC)C1=O. The maximum Gasteiger partial charge on any atom is 0.267 e. The standard InChI is InChI=1S/C18H23NO4S/c1-12(2)24-16-15(13-8-5-6-9-14(13)23-4)17(20)19(18(16)21)10-7-11-22-3/h5-6,8-9,12H,7,10-11H2,1-4H3. The van der Waals surface area contributed by atoms with Gasteiger partial charge in [-0.15, -0.1) is 11.8 Å². The molecule has 24 heavy (non-hydrogen) atoms. The molecule has 0 spiro atoms. The maximum absolute atomic E-state index is 12.9. The van der Waals surface area contributed by atoms with Crippen LogP contribution in [0.3, 0.4) is 0 Å². The zero-order valence-corrected chi connectivity index (χ0v) is 15.3. The molecule has 1 aliphatic heterocycles. The van der Waals surface area contributed by atoms with E-state index in [1.54, 1.807) is 20.3 Å². The molecule has 0 N–H and O–H groups in total. The number of thioether (sulfide) groups is 1. The lowest BCUT2D eigenvalue weighted by Crippen LogP contribution is -2.33. The van der Waals surface area contributed by atoms with Crippen LogP contribution in [-0.4, -0.2) is 49.3 Å². The summed E-state index contributed by atoms with van der Waals surface area (Å²) in [7, 11) is 3.17. The summed E-state index contributed by atoms with van der Waals surface area (Å²) in [4.78, 5) is 27.5. The number of nitrogens with zero attached hydrogens (tertiary/aromatic N) is 1. The number of amides is 2. The van der Waals surface area contributed by atoms with E-state index in [-0.39, 0.29) is 17.1 Å². The summed E-state index contributed by atoms with van der Waals surface area (Å²) >= 11 is 1.42. The summed E-state index contributed by atoms with van der Waals surface area (Å²) < 4.78 is 10.4. The summed E-state index contributed by atoms with van der Waals surface area (Å²) in [6.07, 6.45) is 0.618. The number of hydrogen-bond donors (Lipinski definition) is 0. The van der Waals surface area contributed by atoms with Crippen molar-refractivity contribution < 1.29 is 19.1 Å². The number of ether oxygens (including phenoxy) is 2. The van der Waals surface area contributed by atoms with Crippen molar-refractivity contribution in [3.8, 4) is 5.75 Å². The van der Waals surface area contributed by atoms with Crippen molar-refractivity contribution in [2.24, 2.45) is 0 Å². The monoisotopic (exact) mass is 349 g/mol. The topological polar surface area (TPSA) is 55.8 Å². The van der Waals surface area contributed by atoms with E-state index in [1.165, 1.54) is 16.7 Å². The van der Waals surface area contributed by atoms with Gasteiger partial charge >= 0.3 is 0 Å². The molecule has 0 unspecified atom stereocenters. The quantitative estimate of drug-likeness (QED) is 0.533. The summed E-state index contributed by atoms with van der Waals surface area (Å²) in [6, 6.07) is 7.30. The predicted octanol–water partition coefficient (Wildman–Crippen LogP) is 2.95. The highest BCUT2D eigenvalue weighted by Crippen LogP contribution is 2.40. The van der Waals surface area contributed by atoms with Crippen LogP contribution in [0, 0.1) is 0 Å². The van der Waals surface area contributed by atoms with Crippen LogP contribution in [-0.2, 0) is 14.3 Å². The van der Waals surface area contributed by atoms with E-state index < -0.39 is 0 Å². The lowest BCUT2D eigenvalue weighted by atomic mass is 10.1. The Morgan fingerprint density at radius 1 is 1.12 bits per heavy atom. The van der Waals surface area contributed by atoms with E-state index in [0.29, 0.717) is 41.4 Å². The number of hydrogen-bond acceptors (Lipinski definition) is 5. The number of para-hydroxylation sites is 1. The first kappa shape index (κ1) is 18.5. The van der Waals surface area contributed by atoms with Gasteiger partial charge in [0.25, 0.3) is 11.8 Å². The highest BCUT2D eigenvalue weighted by Gasteiger charge is 2.40. The number of carbonyl (C=O) groups is 2. The van der Waals surface area contributed by atoms with Crippen molar-refractivity contribution in [3.05, 3.63) is 34.7 Å². The average molecular weight is 349 g/mol. The molecule has 0 bridgehead atoms. The second-order valence-electron chi connectivity index (χ2n) is 5.68. The summed E-state index contributed by atoms with van der Waals surface area (Å²) in [5, 5.41) is 0.195.